The largest absolute Gasteiger partial charge is 0.416 e. The van der Waals surface area contributed by atoms with Crippen molar-refractivity contribution in [1.29, 1.82) is 0 Å². The summed E-state index contributed by atoms with van der Waals surface area (Å²) >= 11 is 0. The molecule has 3 rings (SSSR count). The molecule has 0 unspecified atom stereocenters. The average Bonchev–Trinajstić information content (AvgIpc) is 2.62. The Hall–Kier alpha value is -2.81. The zero-order valence-corrected chi connectivity index (χ0v) is 16.2. The number of alkyl halides is 3. The quantitative estimate of drug-likeness (QED) is 0.839. The number of anilines is 1. The fraction of sp³-hybridized carbons (Fsp3) is 0.400. The third-order valence-corrected chi connectivity index (χ3v) is 5.03. The molecular weight excluding hydrogens is 385 g/mol. The number of hydrogen-bond donors (Lipinski definition) is 1. The van der Waals surface area contributed by atoms with Crippen molar-refractivity contribution in [2.24, 2.45) is 0 Å². The van der Waals surface area contributed by atoms with Gasteiger partial charge in [-0.15, -0.1) is 0 Å². The second-order valence-corrected chi connectivity index (χ2v) is 7.19. The number of piperazine rings is 1. The molecule has 1 fully saturated rings. The highest BCUT2D eigenvalue weighted by molar-refractivity contribution is 5.71. The first-order chi connectivity index (χ1) is 13.6. The number of amides is 1. The lowest BCUT2D eigenvalue weighted by atomic mass is 10.0. The lowest BCUT2D eigenvalue weighted by molar-refractivity contribution is -0.138. The van der Waals surface area contributed by atoms with Crippen molar-refractivity contribution in [3.05, 3.63) is 53.3 Å². The van der Waals surface area contributed by atoms with Crippen LogP contribution < -0.4 is 10.5 Å². The Morgan fingerprint density at radius 2 is 2.07 bits per heavy atom. The van der Waals surface area contributed by atoms with Crippen LogP contribution in [0.4, 0.5) is 23.7 Å². The summed E-state index contributed by atoms with van der Waals surface area (Å²) in [5, 5.41) is 0. The van der Waals surface area contributed by atoms with Crippen molar-refractivity contribution in [1.82, 2.24) is 14.8 Å². The maximum absolute atomic E-state index is 13.1. The van der Waals surface area contributed by atoms with Gasteiger partial charge in [-0.3, -0.25) is 9.88 Å². The molecule has 29 heavy (non-hydrogen) atoms. The summed E-state index contributed by atoms with van der Waals surface area (Å²) in [6, 6.07) is 5.60. The van der Waals surface area contributed by atoms with Crippen LogP contribution in [-0.2, 0) is 12.7 Å². The van der Waals surface area contributed by atoms with Gasteiger partial charge in [-0.1, -0.05) is 12.1 Å². The molecule has 0 radical (unpaired) electrons. The highest BCUT2D eigenvalue weighted by Crippen LogP contribution is 2.33. The number of hydrogen-bond acceptors (Lipinski definition) is 5. The molecule has 1 aromatic carbocycles. The topological polar surface area (TPSA) is 71.7 Å². The van der Waals surface area contributed by atoms with Crippen LogP contribution in [-0.4, -0.2) is 46.6 Å². The average molecular weight is 408 g/mol. The lowest BCUT2D eigenvalue weighted by Crippen LogP contribution is -2.54. The van der Waals surface area contributed by atoms with Gasteiger partial charge in [-0.25, -0.2) is 4.79 Å². The highest BCUT2D eigenvalue weighted by Gasteiger charge is 2.34. The number of rotatable bonds is 3. The Morgan fingerprint density at radius 1 is 1.31 bits per heavy atom. The van der Waals surface area contributed by atoms with Crippen molar-refractivity contribution in [3.8, 4) is 5.75 Å². The fourth-order valence-electron chi connectivity index (χ4n) is 3.50. The third-order valence-electron chi connectivity index (χ3n) is 5.03. The Morgan fingerprint density at radius 3 is 2.72 bits per heavy atom. The monoisotopic (exact) mass is 408 g/mol. The standard InChI is InChI=1S/C20H23F3N4O2/c1-13-11-26(12-15-4-3-5-18(14(15)2)20(21,22)23)6-7-27(13)19(28)29-17-8-16(24)9-25-10-17/h3-5,8-10,13H,6-7,11-12,24H2,1-2H3/t13-/m1/s1. The number of nitrogens with zero attached hydrogens (tertiary/aromatic N) is 3. The fourth-order valence-corrected chi connectivity index (χ4v) is 3.50. The van der Waals surface area contributed by atoms with Crippen molar-refractivity contribution in [3.63, 3.8) is 0 Å². The number of carbonyl (C=O) groups is 1. The molecule has 156 valence electrons. The molecule has 0 aliphatic carbocycles. The third kappa shape index (κ3) is 4.97. The van der Waals surface area contributed by atoms with Gasteiger partial charge >= 0.3 is 12.3 Å². The highest BCUT2D eigenvalue weighted by atomic mass is 19.4. The van der Waals surface area contributed by atoms with E-state index in [1.165, 1.54) is 31.5 Å². The molecular formula is C20H23F3N4O2. The summed E-state index contributed by atoms with van der Waals surface area (Å²) < 4.78 is 44.7. The number of ether oxygens (including phenoxy) is 1. The molecule has 2 aromatic rings. The first-order valence-corrected chi connectivity index (χ1v) is 9.22. The summed E-state index contributed by atoms with van der Waals surface area (Å²) in [4.78, 5) is 20.0. The Kier molecular flexibility index (Phi) is 5.97. The molecule has 9 heteroatoms. The normalized spacial score (nSPS) is 18.0. The molecule has 0 bridgehead atoms. The Labute approximate surface area is 167 Å². The smallest absolute Gasteiger partial charge is 0.408 e. The van der Waals surface area contributed by atoms with E-state index in [0.29, 0.717) is 37.4 Å². The minimum atomic E-state index is -4.37. The van der Waals surface area contributed by atoms with Crippen molar-refractivity contribution in [2.45, 2.75) is 32.6 Å². The Bertz CT molecular complexity index is 888. The van der Waals surface area contributed by atoms with Gasteiger partial charge in [0.15, 0.2) is 5.75 Å². The number of halogens is 3. The van der Waals surface area contributed by atoms with Gasteiger partial charge in [0.25, 0.3) is 0 Å². The Balaban J connectivity index is 1.62. The van der Waals surface area contributed by atoms with E-state index in [2.05, 4.69) is 4.98 Å². The maximum atomic E-state index is 13.1. The van der Waals surface area contributed by atoms with Crippen LogP contribution in [0.5, 0.6) is 5.75 Å². The lowest BCUT2D eigenvalue weighted by Gasteiger charge is -2.39. The van der Waals surface area contributed by atoms with Crippen LogP contribution in [0, 0.1) is 6.92 Å². The zero-order valence-electron chi connectivity index (χ0n) is 16.2. The molecule has 1 aliphatic rings. The summed E-state index contributed by atoms with van der Waals surface area (Å²) in [6.45, 7) is 5.24. The first kappa shape index (κ1) is 20.9. The van der Waals surface area contributed by atoms with Gasteiger partial charge in [0.2, 0.25) is 0 Å². The van der Waals surface area contributed by atoms with E-state index in [1.807, 2.05) is 11.8 Å². The van der Waals surface area contributed by atoms with Crippen LogP contribution in [0.15, 0.2) is 36.7 Å². The predicted octanol–water partition coefficient (Wildman–Crippen LogP) is 3.70. The van der Waals surface area contributed by atoms with Crippen LogP contribution in [0.1, 0.15) is 23.6 Å². The van der Waals surface area contributed by atoms with Crippen molar-refractivity contribution >= 4 is 11.8 Å². The van der Waals surface area contributed by atoms with E-state index in [0.717, 1.165) is 6.07 Å². The zero-order chi connectivity index (χ0) is 21.2. The first-order valence-electron chi connectivity index (χ1n) is 9.22. The van der Waals surface area contributed by atoms with Crippen LogP contribution >= 0.6 is 0 Å². The molecule has 0 saturated carbocycles. The number of benzene rings is 1. The van der Waals surface area contributed by atoms with Crippen LogP contribution in [0.25, 0.3) is 0 Å². The number of pyridine rings is 1. The van der Waals surface area contributed by atoms with Crippen LogP contribution in [0.2, 0.25) is 0 Å². The number of carbonyl (C=O) groups excluding carboxylic acids is 1. The molecule has 2 N–H and O–H groups in total. The predicted molar refractivity (Wildman–Crippen MR) is 102 cm³/mol. The van der Waals surface area contributed by atoms with Gasteiger partial charge < -0.3 is 15.4 Å². The van der Waals surface area contributed by atoms with Crippen LogP contribution in [0.3, 0.4) is 0 Å². The summed E-state index contributed by atoms with van der Waals surface area (Å²) in [5.41, 5.74) is 6.29. The molecule has 6 nitrogen and oxygen atoms in total. The molecule has 0 spiro atoms. The van der Waals surface area contributed by atoms with E-state index >= 15 is 0 Å². The minimum absolute atomic E-state index is 0.156. The number of nitrogen functional groups attached to an aromatic ring is 1. The van der Waals surface area contributed by atoms with E-state index in [9.17, 15) is 18.0 Å². The minimum Gasteiger partial charge on any atom is -0.408 e. The van der Waals surface area contributed by atoms with Crippen molar-refractivity contribution in [2.75, 3.05) is 25.4 Å². The van der Waals surface area contributed by atoms with E-state index in [1.54, 1.807) is 11.0 Å². The van der Waals surface area contributed by atoms with Gasteiger partial charge in [0, 0.05) is 38.3 Å². The summed E-state index contributed by atoms with van der Waals surface area (Å²) in [6.07, 6.45) is -2.01. The number of aromatic nitrogens is 1. The van der Waals surface area contributed by atoms with E-state index in [4.69, 9.17) is 10.5 Å². The SMILES string of the molecule is Cc1c(CN2CCN(C(=O)Oc3cncc(N)c3)[C@H](C)C2)cccc1C(F)(F)F. The molecule has 1 aromatic heterocycles. The second kappa shape index (κ2) is 8.28. The second-order valence-electron chi connectivity index (χ2n) is 7.19. The molecule has 1 amide bonds. The summed E-state index contributed by atoms with van der Waals surface area (Å²) in [7, 11) is 0. The molecule has 1 saturated heterocycles. The van der Waals surface area contributed by atoms with E-state index in [-0.39, 0.29) is 17.4 Å². The summed E-state index contributed by atoms with van der Waals surface area (Å²) in [5.74, 6) is 0.268. The van der Waals surface area contributed by atoms with Gasteiger partial charge in [0.1, 0.15) is 0 Å². The van der Waals surface area contributed by atoms with Gasteiger partial charge in [-0.05, 0) is 31.0 Å². The molecule has 1 atom stereocenters. The molecule has 1 aliphatic heterocycles. The number of nitrogens with two attached hydrogens (primary N) is 1. The van der Waals surface area contributed by atoms with Gasteiger partial charge in [-0.2, -0.15) is 13.2 Å². The molecule has 2 heterocycles. The maximum Gasteiger partial charge on any atom is 0.416 e. The van der Waals surface area contributed by atoms with Crippen molar-refractivity contribution < 1.29 is 22.7 Å². The van der Waals surface area contributed by atoms with Gasteiger partial charge in [0.05, 0.1) is 23.6 Å². The van der Waals surface area contributed by atoms with E-state index < -0.39 is 17.8 Å².